The van der Waals surface area contributed by atoms with Gasteiger partial charge in [0.2, 0.25) is 0 Å². The van der Waals surface area contributed by atoms with Gasteiger partial charge in [-0.1, -0.05) is 0 Å². The number of phosphoric ester groups is 6. The van der Waals surface area contributed by atoms with Gasteiger partial charge in [-0.3, -0.25) is 9.13 Å². The van der Waals surface area contributed by atoms with Crippen LogP contribution in [0.3, 0.4) is 0 Å². The summed E-state index contributed by atoms with van der Waals surface area (Å²) in [6.07, 6.45) is -22.4. The summed E-state index contributed by atoms with van der Waals surface area (Å²) in [6.45, 7) is 0. The lowest BCUT2D eigenvalue weighted by Gasteiger charge is -2.56. The van der Waals surface area contributed by atoms with Crippen molar-refractivity contribution < 1.29 is 127 Å². The molecule has 1 aliphatic carbocycles. The SMILES string of the molecule is O=P([O-])([O-])OC1[C@@H](OP(=O)([O-])[O-])[C@H](OP(=O)([O-])[O-])C(OP(=O)([O-])OP(=O)([O-])O)[C@@H](OP(=O)([O-])[O-])[C@H]1OP(=O)([O-])[O-]. The molecule has 0 heterocycles. The molecule has 8 atom stereocenters. The van der Waals surface area contributed by atoms with Crippen molar-refractivity contribution in [1.29, 1.82) is 0 Å². The Balaban J connectivity index is 4.13. The van der Waals surface area contributed by atoms with E-state index >= 15 is 0 Å². The van der Waals surface area contributed by atoms with Gasteiger partial charge in [0, 0.05) is 0 Å². The summed E-state index contributed by atoms with van der Waals surface area (Å²) in [7, 11) is -47.5. The van der Waals surface area contributed by atoms with Gasteiger partial charge in [-0.15, -0.1) is 0 Å². The van der Waals surface area contributed by atoms with E-state index in [0.717, 1.165) is 0 Å². The Hall–Kier alpha value is 0.810. The van der Waals surface area contributed by atoms with Crippen LogP contribution in [0.2, 0.25) is 0 Å². The van der Waals surface area contributed by atoms with Crippen molar-refractivity contribution in [2.75, 3.05) is 0 Å². The maximum absolute atomic E-state index is 11.9. The first-order valence-corrected chi connectivity index (χ1v) is 18.8. The number of hydrogen-bond acceptors (Lipinski definition) is 26. The van der Waals surface area contributed by atoms with Crippen molar-refractivity contribution in [2.45, 2.75) is 36.6 Å². The Morgan fingerprint density at radius 1 is 0.375 bits per heavy atom. The fourth-order valence-electron chi connectivity index (χ4n) is 2.88. The third-order valence-electron chi connectivity index (χ3n) is 3.65. The molecule has 0 amide bonds. The Morgan fingerprint density at radius 2 is 0.550 bits per heavy atom. The highest BCUT2D eigenvalue weighted by Crippen LogP contribution is 2.57. The van der Waals surface area contributed by atoms with Crippen molar-refractivity contribution in [3.63, 3.8) is 0 Å². The van der Waals surface area contributed by atoms with Gasteiger partial charge in [0.05, 0.1) is 39.1 Å². The molecule has 1 fully saturated rings. The van der Waals surface area contributed by atoms with Gasteiger partial charge in [-0.25, -0.2) is 4.31 Å². The van der Waals surface area contributed by atoms with Crippen LogP contribution < -0.4 is 58.7 Å². The zero-order valence-corrected chi connectivity index (χ0v) is 23.9. The molecular formula is C6H7O27P7-12. The van der Waals surface area contributed by atoms with Gasteiger partial charge in [0.25, 0.3) is 15.6 Å². The monoisotopic (exact) mass is 728 g/mol. The number of rotatable bonds is 14. The summed E-state index contributed by atoms with van der Waals surface area (Å²) in [6, 6.07) is 0. The standard InChI is InChI=1S/C6H19O27P7/c7-34(8,9)27-1-2(28-35(10,11)12)4(30-37(16,17)18)6(32-40(25,26)33-39(22,23)24)5(31-38(19,20)21)3(1)29-36(13,14)15/h1-6H,(H,25,26)(H2,7,8,9)(H2,10,11,12)(H2,13,14,15)(H2,16,17,18)(H2,19,20,21)(H2,22,23,24)/p-12/t1?,2-,3+,4-,5-,6?/m0/s1. The molecule has 0 spiro atoms. The van der Waals surface area contributed by atoms with Gasteiger partial charge in [0.1, 0.15) is 36.6 Å². The van der Waals surface area contributed by atoms with Crippen molar-refractivity contribution in [3.05, 3.63) is 0 Å². The molecule has 0 saturated heterocycles. The minimum Gasteiger partial charge on any atom is -0.790 e. The predicted octanol–water partition coefficient (Wildman–Crippen LogP) is -10.6. The highest BCUT2D eigenvalue weighted by Gasteiger charge is 2.57. The molecular weight excluding hydrogens is 721 g/mol. The molecule has 1 N–H and O–H groups in total. The summed E-state index contributed by atoms with van der Waals surface area (Å²) in [5, 5.41) is 0. The van der Waals surface area contributed by atoms with Crippen LogP contribution in [0.25, 0.3) is 0 Å². The molecule has 0 radical (unpaired) electrons. The molecule has 34 heteroatoms. The average Bonchev–Trinajstić information content (AvgIpc) is 2.57. The summed E-state index contributed by atoms with van der Waals surface area (Å²) >= 11 is 0. The summed E-state index contributed by atoms with van der Waals surface area (Å²) in [5.74, 6) is 0. The van der Waals surface area contributed by atoms with E-state index in [1.165, 1.54) is 0 Å². The Kier molecular flexibility index (Phi) is 12.7. The zero-order valence-electron chi connectivity index (χ0n) is 17.7. The molecule has 1 rings (SSSR count). The van der Waals surface area contributed by atoms with Crippen LogP contribution in [0, 0.1) is 0 Å². The molecule has 0 aromatic rings. The summed E-state index contributed by atoms with van der Waals surface area (Å²) in [5.41, 5.74) is 0. The van der Waals surface area contributed by atoms with Crippen molar-refractivity contribution in [3.8, 4) is 0 Å². The van der Waals surface area contributed by atoms with Crippen LogP contribution in [-0.2, 0) is 63.4 Å². The van der Waals surface area contributed by atoms with E-state index in [-0.39, 0.29) is 0 Å². The molecule has 1 saturated carbocycles. The normalized spacial score (nSPS) is 30.4. The van der Waals surface area contributed by atoms with Crippen LogP contribution in [0.4, 0.5) is 0 Å². The number of phosphoric acid groups is 7. The highest BCUT2D eigenvalue weighted by molar-refractivity contribution is 7.59. The minimum absolute atomic E-state index is 3.02. The minimum atomic E-state index is -6.91. The van der Waals surface area contributed by atoms with Crippen LogP contribution in [0.5, 0.6) is 0 Å². The average molecular weight is 728 g/mol. The van der Waals surface area contributed by atoms with E-state index in [9.17, 15) is 90.7 Å². The molecule has 0 aromatic carbocycles. The van der Waals surface area contributed by atoms with Gasteiger partial charge < -0.3 is 114 Å². The fraction of sp³-hybridized carbons (Fsp3) is 1.00. The van der Waals surface area contributed by atoms with E-state index in [1.54, 1.807) is 0 Å². The maximum atomic E-state index is 11.9. The molecule has 240 valence electrons. The quantitative estimate of drug-likeness (QED) is 0.162. The maximum Gasteiger partial charge on any atom is 0.274 e. The molecule has 0 aromatic heterocycles. The van der Waals surface area contributed by atoms with Crippen molar-refractivity contribution >= 4 is 54.8 Å². The molecule has 1 aliphatic rings. The first-order chi connectivity index (χ1) is 17.3. The number of hydrogen-bond donors (Lipinski definition) is 1. The Labute approximate surface area is 219 Å². The Bertz CT molecular complexity index is 1160. The summed E-state index contributed by atoms with van der Waals surface area (Å²) in [4.78, 5) is 143. The smallest absolute Gasteiger partial charge is 0.274 e. The third kappa shape index (κ3) is 15.0. The lowest BCUT2D eigenvalue weighted by Crippen LogP contribution is -2.68. The molecule has 0 aliphatic heterocycles. The Morgan fingerprint density at radius 3 is 0.700 bits per heavy atom. The van der Waals surface area contributed by atoms with Gasteiger partial charge >= 0.3 is 0 Å². The van der Waals surface area contributed by atoms with Crippen molar-refractivity contribution in [2.24, 2.45) is 0 Å². The van der Waals surface area contributed by atoms with Gasteiger partial charge in [-0.2, -0.15) is 0 Å². The molecule has 40 heavy (non-hydrogen) atoms. The van der Waals surface area contributed by atoms with E-state index < -0.39 is 91.4 Å². The van der Waals surface area contributed by atoms with Crippen LogP contribution >= 0.6 is 54.8 Å². The van der Waals surface area contributed by atoms with E-state index in [1.807, 2.05) is 0 Å². The fourth-order valence-corrected chi connectivity index (χ4v) is 7.27. The molecule has 0 bridgehead atoms. The molecule has 4 unspecified atom stereocenters. The van der Waals surface area contributed by atoms with E-state index in [2.05, 4.69) is 31.5 Å². The topological polar surface area (TPSA) is 481 Å². The second kappa shape index (κ2) is 13.0. The van der Waals surface area contributed by atoms with Gasteiger partial charge in [-0.05, 0) is 0 Å². The predicted molar refractivity (Wildman–Crippen MR) is 85.8 cm³/mol. The lowest BCUT2D eigenvalue weighted by atomic mass is 9.85. The first-order valence-electron chi connectivity index (χ1n) is 8.54. The molecule has 27 nitrogen and oxygen atoms in total. The van der Waals surface area contributed by atoms with E-state index in [0.29, 0.717) is 0 Å². The largest absolute Gasteiger partial charge is 0.790 e. The van der Waals surface area contributed by atoms with E-state index in [4.69, 9.17) is 4.89 Å². The highest BCUT2D eigenvalue weighted by atomic mass is 31.3. The summed E-state index contributed by atoms with van der Waals surface area (Å²) < 4.78 is 104. The first kappa shape index (κ1) is 38.8. The lowest BCUT2D eigenvalue weighted by molar-refractivity contribution is -0.385. The zero-order chi connectivity index (χ0) is 31.9. The van der Waals surface area contributed by atoms with Crippen molar-refractivity contribution in [1.82, 2.24) is 0 Å². The second-order valence-corrected chi connectivity index (χ2v) is 14.9. The van der Waals surface area contributed by atoms with Crippen LogP contribution in [-0.4, -0.2) is 41.5 Å². The van der Waals surface area contributed by atoms with Gasteiger partial charge in [0.15, 0.2) is 0 Å². The van der Waals surface area contributed by atoms with Crippen LogP contribution in [0.1, 0.15) is 0 Å². The second-order valence-electron chi connectivity index (χ2n) is 6.65. The van der Waals surface area contributed by atoms with Crippen LogP contribution in [0.15, 0.2) is 0 Å². The third-order valence-corrected chi connectivity index (χ3v) is 8.29.